The summed E-state index contributed by atoms with van der Waals surface area (Å²) in [6.45, 7) is 4.02. The second-order valence-electron chi connectivity index (χ2n) is 8.07. The molecule has 1 atom stereocenters. The number of fused-ring (bicyclic) bond motifs is 2. The molecule has 4 aromatic rings. The van der Waals surface area contributed by atoms with Gasteiger partial charge in [0.25, 0.3) is 5.91 Å². The van der Waals surface area contributed by atoms with E-state index in [1.807, 2.05) is 38.1 Å². The van der Waals surface area contributed by atoms with Crippen LogP contribution in [0.15, 0.2) is 42.5 Å². The van der Waals surface area contributed by atoms with Crippen LogP contribution in [0, 0.1) is 13.8 Å². The number of aromatic nitrogens is 2. The van der Waals surface area contributed by atoms with Crippen molar-refractivity contribution in [2.24, 2.45) is 0 Å². The number of anilines is 2. The summed E-state index contributed by atoms with van der Waals surface area (Å²) in [7, 11) is 0. The number of carbonyl (C=O) groups excluding carboxylic acids is 2. The Morgan fingerprint density at radius 1 is 0.938 bits per heavy atom. The number of hydrogen-bond acceptors (Lipinski definition) is 6. The van der Waals surface area contributed by atoms with Crippen molar-refractivity contribution in [1.82, 2.24) is 9.97 Å². The summed E-state index contributed by atoms with van der Waals surface area (Å²) < 4.78 is 1.05. The summed E-state index contributed by atoms with van der Waals surface area (Å²) in [5.41, 5.74) is 4.51. The Morgan fingerprint density at radius 2 is 1.69 bits per heavy atom. The fourth-order valence-electron chi connectivity index (χ4n) is 3.88. The summed E-state index contributed by atoms with van der Waals surface area (Å²) in [5, 5.41) is 7.02. The molecule has 0 spiro atoms. The molecule has 2 amide bonds. The Kier molecular flexibility index (Phi) is 5.48. The zero-order valence-corrected chi connectivity index (χ0v) is 19.4. The van der Waals surface area contributed by atoms with Gasteiger partial charge in [-0.1, -0.05) is 35.1 Å². The maximum atomic E-state index is 13.1. The van der Waals surface area contributed by atoms with Gasteiger partial charge >= 0.3 is 0 Å². The monoisotopic (exact) mass is 462 g/mol. The van der Waals surface area contributed by atoms with E-state index < -0.39 is 0 Å². The normalized spacial score (nSPS) is 15.4. The van der Waals surface area contributed by atoms with Gasteiger partial charge in [0, 0.05) is 10.4 Å². The standard InChI is InChI=1S/C24H22N4O2S2/c1-13-6-9-15(10-7-13)21(29)27-24-26-20-16(4-3-5-18(20)31-24)22(30)28-23-25-17-11-8-14(2)12-19(17)32-23/h6-12,16H,3-5H2,1-2H3,(H,25,28,30)(H,26,27,29). The Bertz CT molecular complexity index is 1320. The lowest BCUT2D eigenvalue weighted by atomic mass is 9.90. The van der Waals surface area contributed by atoms with Crippen LogP contribution in [0.25, 0.3) is 10.2 Å². The average Bonchev–Trinajstić information content (AvgIpc) is 3.36. The molecule has 5 rings (SSSR count). The van der Waals surface area contributed by atoms with E-state index in [1.165, 1.54) is 28.2 Å². The van der Waals surface area contributed by atoms with Gasteiger partial charge in [-0.15, -0.1) is 11.3 Å². The maximum absolute atomic E-state index is 13.1. The molecule has 2 aromatic heterocycles. The predicted octanol–water partition coefficient (Wildman–Crippen LogP) is 5.68. The van der Waals surface area contributed by atoms with Crippen LogP contribution in [0.2, 0.25) is 0 Å². The van der Waals surface area contributed by atoms with E-state index >= 15 is 0 Å². The van der Waals surface area contributed by atoms with Gasteiger partial charge < -0.3 is 5.32 Å². The van der Waals surface area contributed by atoms with Crippen LogP contribution >= 0.6 is 22.7 Å². The van der Waals surface area contributed by atoms with Crippen molar-refractivity contribution in [3.8, 4) is 0 Å². The topological polar surface area (TPSA) is 84.0 Å². The minimum Gasteiger partial charge on any atom is -0.301 e. The van der Waals surface area contributed by atoms with Gasteiger partial charge in [0.05, 0.1) is 21.8 Å². The highest BCUT2D eigenvalue weighted by Gasteiger charge is 2.31. The first kappa shape index (κ1) is 20.8. The third kappa shape index (κ3) is 4.16. The van der Waals surface area contributed by atoms with Gasteiger partial charge in [0.2, 0.25) is 5.91 Å². The number of hydrogen-bond donors (Lipinski definition) is 2. The highest BCUT2D eigenvalue weighted by atomic mass is 32.1. The third-order valence-corrected chi connectivity index (χ3v) is 7.56. The molecule has 8 heteroatoms. The number of thiazole rings is 2. The SMILES string of the molecule is Cc1ccc(C(=O)Nc2nc3c(s2)CCCC3C(=O)Nc2nc3ccc(C)cc3s2)cc1. The third-order valence-electron chi connectivity index (χ3n) is 5.58. The van der Waals surface area contributed by atoms with Crippen molar-refractivity contribution in [2.75, 3.05) is 10.6 Å². The Morgan fingerprint density at radius 3 is 2.50 bits per heavy atom. The lowest BCUT2D eigenvalue weighted by Crippen LogP contribution is -2.24. The minimum absolute atomic E-state index is 0.0940. The summed E-state index contributed by atoms with van der Waals surface area (Å²) >= 11 is 2.94. The number of rotatable bonds is 4. The van der Waals surface area contributed by atoms with Crippen LogP contribution in [0.4, 0.5) is 10.3 Å². The van der Waals surface area contributed by atoms with Crippen molar-refractivity contribution in [1.29, 1.82) is 0 Å². The Balaban J connectivity index is 1.33. The molecule has 0 saturated heterocycles. The molecule has 2 heterocycles. The van der Waals surface area contributed by atoms with Crippen LogP contribution in [-0.4, -0.2) is 21.8 Å². The lowest BCUT2D eigenvalue weighted by molar-refractivity contribution is -0.117. The summed E-state index contributed by atoms with van der Waals surface area (Å²) in [4.78, 5) is 35.9. The highest BCUT2D eigenvalue weighted by Crippen LogP contribution is 2.38. The largest absolute Gasteiger partial charge is 0.301 e. The van der Waals surface area contributed by atoms with E-state index in [-0.39, 0.29) is 17.7 Å². The van der Waals surface area contributed by atoms with Gasteiger partial charge in [0.1, 0.15) is 0 Å². The zero-order chi connectivity index (χ0) is 22.2. The molecule has 162 valence electrons. The summed E-state index contributed by atoms with van der Waals surface area (Å²) in [6.07, 6.45) is 2.52. The van der Waals surface area contributed by atoms with Gasteiger partial charge in [-0.3, -0.25) is 14.9 Å². The Hall–Kier alpha value is -3.10. The van der Waals surface area contributed by atoms with Crippen LogP contribution in [0.3, 0.4) is 0 Å². The first-order chi connectivity index (χ1) is 15.5. The predicted molar refractivity (Wildman–Crippen MR) is 130 cm³/mol. The molecule has 32 heavy (non-hydrogen) atoms. The zero-order valence-electron chi connectivity index (χ0n) is 17.8. The van der Waals surface area contributed by atoms with Crippen molar-refractivity contribution >= 4 is 55.0 Å². The first-order valence-corrected chi connectivity index (χ1v) is 12.2. The summed E-state index contributed by atoms with van der Waals surface area (Å²) in [6, 6.07) is 13.5. The molecule has 1 unspecified atom stereocenters. The van der Waals surface area contributed by atoms with Crippen LogP contribution in [-0.2, 0) is 11.2 Å². The second-order valence-corrected chi connectivity index (χ2v) is 10.2. The van der Waals surface area contributed by atoms with E-state index in [2.05, 4.69) is 26.7 Å². The van der Waals surface area contributed by atoms with E-state index in [0.29, 0.717) is 15.8 Å². The molecule has 1 aliphatic rings. The number of aryl methyl sites for hydroxylation is 3. The van der Waals surface area contributed by atoms with Crippen LogP contribution < -0.4 is 10.6 Å². The van der Waals surface area contributed by atoms with Gasteiger partial charge in [0.15, 0.2) is 10.3 Å². The number of nitrogens with zero attached hydrogens (tertiary/aromatic N) is 2. The quantitative estimate of drug-likeness (QED) is 0.409. The molecule has 0 aliphatic heterocycles. The lowest BCUT2D eigenvalue weighted by Gasteiger charge is -2.19. The van der Waals surface area contributed by atoms with E-state index in [9.17, 15) is 9.59 Å². The molecule has 0 radical (unpaired) electrons. The molecule has 2 N–H and O–H groups in total. The van der Waals surface area contributed by atoms with E-state index in [4.69, 9.17) is 0 Å². The van der Waals surface area contributed by atoms with Gasteiger partial charge in [-0.25, -0.2) is 9.97 Å². The number of carbonyl (C=O) groups is 2. The van der Waals surface area contributed by atoms with Crippen molar-refractivity contribution in [2.45, 2.75) is 39.0 Å². The van der Waals surface area contributed by atoms with Crippen molar-refractivity contribution in [3.05, 3.63) is 69.7 Å². The molecule has 6 nitrogen and oxygen atoms in total. The molecule has 0 saturated carbocycles. The van der Waals surface area contributed by atoms with Crippen molar-refractivity contribution in [3.63, 3.8) is 0 Å². The van der Waals surface area contributed by atoms with Crippen LogP contribution in [0.5, 0.6) is 0 Å². The number of nitrogens with one attached hydrogen (secondary N) is 2. The minimum atomic E-state index is -0.339. The first-order valence-electron chi connectivity index (χ1n) is 10.5. The Labute approximate surface area is 193 Å². The smallest absolute Gasteiger partial charge is 0.257 e. The second kappa shape index (κ2) is 8.44. The highest BCUT2D eigenvalue weighted by molar-refractivity contribution is 7.22. The molecule has 0 bridgehead atoms. The number of benzene rings is 2. The molecular weight excluding hydrogens is 440 g/mol. The van der Waals surface area contributed by atoms with Gasteiger partial charge in [-0.05, 0) is 62.9 Å². The fraction of sp³-hybridized carbons (Fsp3) is 0.250. The van der Waals surface area contributed by atoms with E-state index in [1.54, 1.807) is 12.1 Å². The van der Waals surface area contributed by atoms with E-state index in [0.717, 1.165) is 45.6 Å². The number of amides is 2. The van der Waals surface area contributed by atoms with Gasteiger partial charge in [-0.2, -0.15) is 0 Å². The molecule has 2 aromatic carbocycles. The average molecular weight is 463 g/mol. The summed E-state index contributed by atoms with van der Waals surface area (Å²) in [5.74, 6) is -0.626. The van der Waals surface area contributed by atoms with Crippen LogP contribution in [0.1, 0.15) is 50.8 Å². The van der Waals surface area contributed by atoms with Crippen molar-refractivity contribution < 1.29 is 9.59 Å². The molecule has 1 aliphatic carbocycles. The fourth-order valence-corrected chi connectivity index (χ4v) is 5.91. The molecule has 0 fully saturated rings. The maximum Gasteiger partial charge on any atom is 0.257 e. The molecular formula is C24H22N4O2S2.